The van der Waals surface area contributed by atoms with E-state index in [1.165, 1.54) is 51.0 Å². The van der Waals surface area contributed by atoms with E-state index >= 15 is 0 Å². The van der Waals surface area contributed by atoms with E-state index in [1.807, 2.05) is 6.20 Å². The number of rotatable bonds is 4. The molecule has 2 heterocycles. The normalized spacial score (nSPS) is 25.9. The van der Waals surface area contributed by atoms with Crippen LogP contribution in [0.2, 0.25) is 0 Å². The van der Waals surface area contributed by atoms with Gasteiger partial charge in [0.15, 0.2) is 0 Å². The Kier molecular flexibility index (Phi) is 2.96. The van der Waals surface area contributed by atoms with Gasteiger partial charge in [0.1, 0.15) is 5.82 Å². The first-order valence-electron chi connectivity index (χ1n) is 6.65. The van der Waals surface area contributed by atoms with Crippen molar-refractivity contribution in [1.29, 1.82) is 0 Å². The Bertz CT molecular complexity index is 335. The molecule has 3 heteroatoms. The average Bonchev–Trinajstić information content (AvgIpc) is 3.02. The number of nitrogens with zero attached hydrogens (tertiary/aromatic N) is 2. The molecule has 3 rings (SSSR count). The maximum atomic E-state index is 4.51. The molecule has 3 nitrogen and oxygen atoms in total. The van der Waals surface area contributed by atoms with Gasteiger partial charge in [0.05, 0.1) is 0 Å². The van der Waals surface area contributed by atoms with Crippen LogP contribution in [-0.4, -0.2) is 22.1 Å². The Hall–Kier alpha value is -0.830. The zero-order valence-corrected chi connectivity index (χ0v) is 9.86. The minimum Gasteiger partial charge on any atom is -0.335 e. The summed E-state index contributed by atoms with van der Waals surface area (Å²) in [7, 11) is 0. The van der Waals surface area contributed by atoms with Gasteiger partial charge in [0.2, 0.25) is 0 Å². The van der Waals surface area contributed by atoms with E-state index in [9.17, 15) is 0 Å². The van der Waals surface area contributed by atoms with Crippen LogP contribution in [0.3, 0.4) is 0 Å². The molecule has 0 amide bonds. The third-order valence-corrected chi connectivity index (χ3v) is 3.79. The molecule has 1 saturated heterocycles. The number of piperidine rings is 1. The molecule has 1 unspecified atom stereocenters. The molecule has 1 aromatic heterocycles. The lowest BCUT2D eigenvalue weighted by Crippen LogP contribution is -2.36. The van der Waals surface area contributed by atoms with Crippen LogP contribution in [0.15, 0.2) is 12.4 Å². The van der Waals surface area contributed by atoms with Crippen molar-refractivity contribution in [2.24, 2.45) is 5.92 Å². The Morgan fingerprint density at radius 1 is 1.31 bits per heavy atom. The van der Waals surface area contributed by atoms with E-state index in [0.717, 1.165) is 12.3 Å². The van der Waals surface area contributed by atoms with Crippen LogP contribution in [-0.2, 0) is 13.0 Å². The molecule has 1 aliphatic carbocycles. The molecule has 2 fully saturated rings. The van der Waals surface area contributed by atoms with Crippen LogP contribution in [0.25, 0.3) is 0 Å². The molecule has 0 spiro atoms. The third kappa shape index (κ3) is 2.46. The van der Waals surface area contributed by atoms with Crippen LogP contribution >= 0.6 is 0 Å². The Labute approximate surface area is 97.3 Å². The first-order chi connectivity index (χ1) is 7.92. The molecule has 88 valence electrons. The van der Waals surface area contributed by atoms with Crippen LogP contribution < -0.4 is 5.32 Å². The van der Waals surface area contributed by atoms with E-state index < -0.39 is 0 Å². The minimum absolute atomic E-state index is 0.661. The second-order valence-electron chi connectivity index (χ2n) is 5.29. The van der Waals surface area contributed by atoms with Crippen LogP contribution in [0.5, 0.6) is 0 Å². The fourth-order valence-corrected chi connectivity index (χ4v) is 2.59. The highest BCUT2D eigenvalue weighted by atomic mass is 15.1. The highest BCUT2D eigenvalue weighted by Crippen LogP contribution is 2.31. The second kappa shape index (κ2) is 4.58. The van der Waals surface area contributed by atoms with Gasteiger partial charge in [-0.3, -0.25) is 0 Å². The van der Waals surface area contributed by atoms with Crippen molar-refractivity contribution in [2.45, 2.75) is 51.1 Å². The predicted molar refractivity (Wildman–Crippen MR) is 64.3 cm³/mol. The summed E-state index contributed by atoms with van der Waals surface area (Å²) in [5, 5.41) is 3.60. The summed E-state index contributed by atoms with van der Waals surface area (Å²) >= 11 is 0. The maximum absolute atomic E-state index is 4.51. The van der Waals surface area contributed by atoms with Crippen molar-refractivity contribution in [3.8, 4) is 0 Å². The van der Waals surface area contributed by atoms with Gasteiger partial charge in [-0.2, -0.15) is 0 Å². The van der Waals surface area contributed by atoms with Crippen molar-refractivity contribution in [2.75, 3.05) is 6.54 Å². The fourth-order valence-electron chi connectivity index (χ4n) is 2.59. The monoisotopic (exact) mass is 219 g/mol. The summed E-state index contributed by atoms with van der Waals surface area (Å²) in [4.78, 5) is 4.51. The molecule has 1 atom stereocenters. The highest BCUT2D eigenvalue weighted by molar-refractivity contribution is 4.97. The van der Waals surface area contributed by atoms with E-state index in [-0.39, 0.29) is 0 Å². The number of imidazole rings is 1. The van der Waals surface area contributed by atoms with Crippen molar-refractivity contribution in [1.82, 2.24) is 14.9 Å². The van der Waals surface area contributed by atoms with E-state index in [4.69, 9.17) is 0 Å². The van der Waals surface area contributed by atoms with Crippen LogP contribution in [0.1, 0.15) is 37.9 Å². The quantitative estimate of drug-likeness (QED) is 0.839. The highest BCUT2D eigenvalue weighted by Gasteiger charge is 2.23. The van der Waals surface area contributed by atoms with Gasteiger partial charge in [-0.1, -0.05) is 6.42 Å². The summed E-state index contributed by atoms with van der Waals surface area (Å²) in [6.45, 7) is 2.38. The van der Waals surface area contributed by atoms with E-state index in [2.05, 4.69) is 21.1 Å². The van der Waals surface area contributed by atoms with Crippen LogP contribution in [0.4, 0.5) is 0 Å². The minimum atomic E-state index is 0.661. The molecular formula is C13H21N3. The summed E-state index contributed by atoms with van der Waals surface area (Å²) in [5.41, 5.74) is 0. The number of hydrogen-bond acceptors (Lipinski definition) is 2. The van der Waals surface area contributed by atoms with E-state index in [0.29, 0.717) is 6.04 Å². The second-order valence-corrected chi connectivity index (χ2v) is 5.29. The van der Waals surface area contributed by atoms with E-state index in [1.54, 1.807) is 0 Å². The molecule has 1 N–H and O–H groups in total. The molecule has 16 heavy (non-hydrogen) atoms. The zero-order valence-electron chi connectivity index (χ0n) is 9.86. The van der Waals surface area contributed by atoms with Gasteiger partial charge >= 0.3 is 0 Å². The molecular weight excluding hydrogens is 198 g/mol. The van der Waals surface area contributed by atoms with Crippen LogP contribution in [0, 0.1) is 5.92 Å². The molecule has 0 aromatic carbocycles. The summed E-state index contributed by atoms with van der Waals surface area (Å²) in [6, 6.07) is 0.661. The largest absolute Gasteiger partial charge is 0.335 e. The number of aromatic nitrogens is 2. The molecule has 1 aromatic rings. The Morgan fingerprint density at radius 3 is 3.00 bits per heavy atom. The third-order valence-electron chi connectivity index (χ3n) is 3.79. The van der Waals surface area contributed by atoms with Gasteiger partial charge < -0.3 is 9.88 Å². The average molecular weight is 219 g/mol. The molecule has 0 bridgehead atoms. The predicted octanol–water partition coefficient (Wildman–Crippen LogP) is 1.98. The Balaban J connectivity index is 1.61. The fraction of sp³-hybridized carbons (Fsp3) is 0.769. The lowest BCUT2D eigenvalue weighted by Gasteiger charge is -2.23. The van der Waals surface area contributed by atoms with Gasteiger partial charge in [-0.25, -0.2) is 4.98 Å². The number of hydrogen-bond donors (Lipinski definition) is 1. The number of nitrogens with one attached hydrogen (secondary N) is 1. The Morgan fingerprint density at radius 2 is 2.25 bits per heavy atom. The maximum Gasteiger partial charge on any atom is 0.110 e. The molecule has 1 aliphatic heterocycles. The molecule has 0 radical (unpaired) electrons. The summed E-state index contributed by atoms with van der Waals surface area (Å²) < 4.78 is 2.37. The van der Waals surface area contributed by atoms with Gasteiger partial charge in [0, 0.05) is 31.4 Å². The topological polar surface area (TPSA) is 29.9 Å². The summed E-state index contributed by atoms with van der Waals surface area (Å²) in [5.74, 6) is 2.22. The lowest BCUT2D eigenvalue weighted by atomic mass is 10.0. The first-order valence-corrected chi connectivity index (χ1v) is 6.65. The van der Waals surface area contributed by atoms with Crippen molar-refractivity contribution in [3.63, 3.8) is 0 Å². The molecule has 1 saturated carbocycles. The zero-order chi connectivity index (χ0) is 10.8. The lowest BCUT2D eigenvalue weighted by molar-refractivity contribution is 0.388. The molecule has 2 aliphatic rings. The van der Waals surface area contributed by atoms with Gasteiger partial charge in [0.25, 0.3) is 0 Å². The first kappa shape index (κ1) is 10.3. The SMILES string of the molecule is c1cn(CC2CC2)c(CC2CCCCN2)n1. The van der Waals surface area contributed by atoms with Crippen molar-refractivity contribution < 1.29 is 0 Å². The standard InChI is InChI=1S/C13H21N3/c1-2-6-14-12(3-1)9-13-15-7-8-16(13)10-11-4-5-11/h7-8,11-12,14H,1-6,9-10H2. The van der Waals surface area contributed by atoms with Gasteiger partial charge in [-0.05, 0) is 38.1 Å². The smallest absolute Gasteiger partial charge is 0.110 e. The van der Waals surface area contributed by atoms with Crippen molar-refractivity contribution in [3.05, 3.63) is 18.2 Å². The van der Waals surface area contributed by atoms with Crippen molar-refractivity contribution >= 4 is 0 Å². The summed E-state index contributed by atoms with van der Waals surface area (Å²) in [6.07, 6.45) is 12.1. The van der Waals surface area contributed by atoms with Gasteiger partial charge in [-0.15, -0.1) is 0 Å².